The van der Waals surface area contributed by atoms with Crippen molar-refractivity contribution < 1.29 is 49.4 Å². The first kappa shape index (κ1) is 37.3. The molecule has 2 fully saturated rings. The van der Waals surface area contributed by atoms with E-state index in [1.165, 1.54) is 9.58 Å². The van der Waals surface area contributed by atoms with Crippen LogP contribution in [0.25, 0.3) is 10.9 Å². The van der Waals surface area contributed by atoms with Gasteiger partial charge >= 0.3 is 18.3 Å². The highest BCUT2D eigenvalue weighted by molar-refractivity contribution is 7.92. The number of hydrogen-bond acceptors (Lipinski definition) is 8. The number of nitrogen functional groups attached to an aromatic ring is 1. The molecule has 11 nitrogen and oxygen atoms in total. The number of aliphatic carboxylic acids is 1. The van der Waals surface area contributed by atoms with E-state index in [0.717, 1.165) is 29.3 Å². The Morgan fingerprint density at radius 2 is 1.82 bits per heavy atom. The molecule has 1 saturated carbocycles. The number of aryl methyl sites for hydroxylation is 1. The summed E-state index contributed by atoms with van der Waals surface area (Å²) in [5.74, 6) is -1.23. The maximum atomic E-state index is 13.8. The van der Waals surface area contributed by atoms with E-state index in [0.29, 0.717) is 29.5 Å². The van der Waals surface area contributed by atoms with E-state index in [9.17, 15) is 49.9 Å². The zero-order chi connectivity index (χ0) is 37.7. The number of aromatic amines is 1. The van der Waals surface area contributed by atoms with E-state index in [1.54, 1.807) is 26.8 Å². The highest BCUT2D eigenvalue weighted by atomic mass is 32.2. The van der Waals surface area contributed by atoms with Gasteiger partial charge in [0.25, 0.3) is 0 Å². The third-order valence-electron chi connectivity index (χ3n) is 8.75. The van der Waals surface area contributed by atoms with E-state index >= 15 is 0 Å². The molecule has 2 aromatic heterocycles. The lowest BCUT2D eigenvalue weighted by molar-refractivity contribution is -0.153. The average Bonchev–Trinajstić information content (AvgIpc) is 3.35. The summed E-state index contributed by atoms with van der Waals surface area (Å²) in [4.78, 5) is 15.2. The van der Waals surface area contributed by atoms with Crippen molar-refractivity contribution in [2.45, 2.75) is 80.0 Å². The minimum absolute atomic E-state index is 0.192. The number of anilines is 2. The van der Waals surface area contributed by atoms with E-state index in [2.05, 4.69) is 20.9 Å². The van der Waals surface area contributed by atoms with E-state index in [4.69, 9.17) is 5.73 Å². The standard InChI is InChI=1S/C21H23F6N3O5S.C12H11N3/c1-11(2)30-18(6-12(3)28-30)29-9-14(8-16(29)19(31)32)36(33,34)17-5-4-13(35-10-20(22,23)24)7-15(17)21(25,26)27;13-7-12(5-6-12)10-8-3-1-2-4-9(8)15-11(10)14/h4-7,11,14,16H,8-10H2,1-3H3,(H,31,32);1-4,15H,5-6,14H2/t14-,16+;/m1./s1. The number of halogens is 6. The number of sulfone groups is 1. The molecule has 0 bridgehead atoms. The monoisotopic (exact) mass is 740 g/mol. The third-order valence-corrected chi connectivity index (χ3v) is 10.9. The predicted molar refractivity (Wildman–Crippen MR) is 174 cm³/mol. The summed E-state index contributed by atoms with van der Waals surface area (Å²) in [6, 6.07) is 11.7. The van der Waals surface area contributed by atoms with Crippen molar-refractivity contribution in [3.8, 4) is 11.8 Å². The van der Waals surface area contributed by atoms with Gasteiger partial charge < -0.3 is 25.5 Å². The maximum Gasteiger partial charge on any atom is 0.422 e. The molecule has 3 heterocycles. The van der Waals surface area contributed by atoms with Crippen molar-refractivity contribution >= 4 is 38.3 Å². The summed E-state index contributed by atoms with van der Waals surface area (Å²) in [7, 11) is -4.78. The largest absolute Gasteiger partial charge is 0.484 e. The minimum atomic E-state index is -5.24. The molecule has 2 aliphatic rings. The second-order valence-electron chi connectivity index (χ2n) is 12.8. The summed E-state index contributed by atoms with van der Waals surface area (Å²) >= 11 is 0. The van der Waals surface area contributed by atoms with Crippen molar-refractivity contribution in [3.63, 3.8) is 0 Å². The number of aromatic nitrogens is 3. The molecule has 51 heavy (non-hydrogen) atoms. The Morgan fingerprint density at radius 3 is 2.39 bits per heavy atom. The van der Waals surface area contributed by atoms with Crippen LogP contribution in [0.2, 0.25) is 0 Å². The molecule has 4 N–H and O–H groups in total. The number of hydrogen-bond donors (Lipinski definition) is 3. The molecule has 1 saturated heterocycles. The van der Waals surface area contributed by atoms with Crippen molar-refractivity contribution in [2.75, 3.05) is 23.8 Å². The molecule has 0 spiro atoms. The van der Waals surface area contributed by atoms with Gasteiger partial charge in [-0.1, -0.05) is 18.2 Å². The molecule has 1 aliphatic carbocycles. The quantitative estimate of drug-likeness (QED) is 0.170. The van der Waals surface area contributed by atoms with Crippen molar-refractivity contribution in [2.24, 2.45) is 0 Å². The Labute approximate surface area is 288 Å². The molecule has 2 aromatic carbocycles. The first-order valence-corrected chi connectivity index (χ1v) is 17.2. The predicted octanol–water partition coefficient (Wildman–Crippen LogP) is 6.54. The van der Waals surface area contributed by atoms with Gasteiger partial charge in [0.1, 0.15) is 23.4 Å². The first-order valence-electron chi connectivity index (χ1n) is 15.7. The van der Waals surface area contributed by atoms with Crippen LogP contribution in [0.3, 0.4) is 0 Å². The van der Waals surface area contributed by atoms with E-state index < -0.39 is 75.2 Å². The Bertz CT molecular complexity index is 2100. The molecular weight excluding hydrogens is 706 g/mol. The Morgan fingerprint density at radius 1 is 1.16 bits per heavy atom. The summed E-state index contributed by atoms with van der Waals surface area (Å²) in [5.41, 5.74) is 6.49. The molecule has 0 unspecified atom stereocenters. The van der Waals surface area contributed by atoms with Gasteiger partial charge in [0.2, 0.25) is 0 Å². The zero-order valence-corrected chi connectivity index (χ0v) is 28.3. The number of benzene rings is 2. The molecule has 0 amide bonds. The number of alkyl halides is 6. The van der Waals surface area contributed by atoms with Crippen LogP contribution in [-0.2, 0) is 26.2 Å². The first-order chi connectivity index (χ1) is 23.7. The lowest BCUT2D eigenvalue weighted by atomic mass is 9.96. The van der Waals surface area contributed by atoms with Crippen LogP contribution < -0.4 is 15.4 Å². The maximum absolute atomic E-state index is 13.8. The van der Waals surface area contributed by atoms with Gasteiger partial charge in [0, 0.05) is 35.1 Å². The minimum Gasteiger partial charge on any atom is -0.484 e. The second-order valence-corrected chi connectivity index (χ2v) is 15.0. The van der Waals surface area contributed by atoms with Crippen LogP contribution in [0, 0.1) is 18.3 Å². The number of para-hydroxylation sites is 1. The average molecular weight is 741 g/mol. The summed E-state index contributed by atoms with van der Waals surface area (Å²) in [5, 5.41) is 22.7. The molecule has 1 aliphatic heterocycles. The molecule has 0 radical (unpaired) electrons. The van der Waals surface area contributed by atoms with Crippen LogP contribution >= 0.6 is 0 Å². The number of ether oxygens (including phenoxy) is 1. The van der Waals surface area contributed by atoms with Crippen LogP contribution in [0.5, 0.6) is 5.75 Å². The fourth-order valence-corrected chi connectivity index (χ4v) is 8.13. The number of carboxylic acid groups (broad SMARTS) is 1. The lowest BCUT2D eigenvalue weighted by Gasteiger charge is -2.25. The summed E-state index contributed by atoms with van der Waals surface area (Å²) in [6.07, 6.45) is -8.71. The number of carboxylic acids is 1. The molecule has 4 aromatic rings. The molecule has 18 heteroatoms. The van der Waals surface area contributed by atoms with Gasteiger partial charge in [0.15, 0.2) is 16.4 Å². The number of nitriles is 1. The van der Waals surface area contributed by atoms with Gasteiger partial charge in [-0.2, -0.15) is 36.7 Å². The summed E-state index contributed by atoms with van der Waals surface area (Å²) < 4.78 is 111. The SMILES string of the molecule is Cc1cc(N2C[C@H](S(=O)(=O)c3ccc(OCC(F)(F)F)cc3C(F)(F)F)C[C@H]2C(=O)O)n(C(C)C)n1.N#CC1(c2c(N)[nH]c3ccccc23)CC1. The van der Waals surface area contributed by atoms with Crippen LogP contribution in [0.4, 0.5) is 38.0 Å². The topological polar surface area (TPSA) is 167 Å². The fraction of sp³-hybridized carbons (Fsp3) is 0.424. The zero-order valence-electron chi connectivity index (χ0n) is 27.5. The number of rotatable bonds is 8. The van der Waals surface area contributed by atoms with E-state index in [-0.39, 0.29) is 17.5 Å². The van der Waals surface area contributed by atoms with Gasteiger partial charge in [-0.05, 0) is 64.3 Å². The smallest absolute Gasteiger partial charge is 0.422 e. The number of fused-ring (bicyclic) bond motifs is 1. The Kier molecular flexibility index (Phi) is 9.75. The lowest BCUT2D eigenvalue weighted by Crippen LogP contribution is -2.37. The number of nitrogens with one attached hydrogen (secondary N) is 1. The number of nitrogens with zero attached hydrogens (tertiary/aromatic N) is 4. The number of nitrogens with two attached hydrogens (primary N) is 1. The van der Waals surface area contributed by atoms with Crippen molar-refractivity contribution in [1.82, 2.24) is 14.8 Å². The van der Waals surface area contributed by atoms with E-state index in [1.807, 2.05) is 24.3 Å². The van der Waals surface area contributed by atoms with Crippen LogP contribution in [-0.4, -0.2) is 64.9 Å². The number of carbonyl (C=O) groups is 1. The highest BCUT2D eigenvalue weighted by Crippen LogP contribution is 2.52. The fourth-order valence-electron chi connectivity index (χ4n) is 6.24. The van der Waals surface area contributed by atoms with Crippen LogP contribution in [0.15, 0.2) is 53.4 Å². The van der Waals surface area contributed by atoms with Gasteiger partial charge in [-0.25, -0.2) is 17.9 Å². The molecule has 274 valence electrons. The van der Waals surface area contributed by atoms with Crippen molar-refractivity contribution in [1.29, 1.82) is 5.26 Å². The summed E-state index contributed by atoms with van der Waals surface area (Å²) in [6.45, 7) is 2.90. The van der Waals surface area contributed by atoms with Gasteiger partial charge in [-0.15, -0.1) is 0 Å². The second kappa shape index (κ2) is 13.3. The Balaban J connectivity index is 0.000000276. The molecular formula is C33H34F6N6O5S. The highest BCUT2D eigenvalue weighted by Gasteiger charge is 2.49. The Hall–Kier alpha value is -4.92. The number of H-pyrrole nitrogens is 1. The third kappa shape index (κ3) is 7.58. The van der Waals surface area contributed by atoms with Crippen molar-refractivity contribution in [3.05, 3.63) is 65.4 Å². The molecule has 6 rings (SSSR count). The van der Waals surface area contributed by atoms with Crippen LogP contribution in [0.1, 0.15) is 56.0 Å². The van der Waals surface area contributed by atoms with Gasteiger partial charge in [0.05, 0.1) is 32.9 Å². The van der Waals surface area contributed by atoms with Gasteiger partial charge in [-0.3, -0.25) is 0 Å². The molecule has 2 atom stereocenters. The normalized spacial score (nSPS) is 18.7.